The fourth-order valence-corrected chi connectivity index (χ4v) is 4.54. The highest BCUT2D eigenvalue weighted by Crippen LogP contribution is 2.50. The van der Waals surface area contributed by atoms with Gasteiger partial charge in [-0.15, -0.1) is 0 Å². The summed E-state index contributed by atoms with van der Waals surface area (Å²) in [6.07, 6.45) is 4.21. The Labute approximate surface area is 159 Å². The first-order valence-corrected chi connectivity index (χ1v) is 9.15. The van der Waals surface area contributed by atoms with E-state index in [-0.39, 0.29) is 0 Å². The van der Waals surface area contributed by atoms with Crippen molar-refractivity contribution in [3.05, 3.63) is 93.7 Å². The molecule has 0 fully saturated rings. The molecule has 0 saturated carbocycles. The highest BCUT2D eigenvalue weighted by atomic mass is 16.4. The van der Waals surface area contributed by atoms with Gasteiger partial charge in [-0.25, -0.2) is 4.79 Å². The van der Waals surface area contributed by atoms with Crippen molar-refractivity contribution in [2.75, 3.05) is 5.32 Å². The molecule has 2 aliphatic rings. The van der Waals surface area contributed by atoms with E-state index in [0.29, 0.717) is 5.57 Å². The standard InChI is InChI=1S/C24H23NO2/c1-14-10-16(3)20-18(11-14)25-19-12-15(2)13-24(4,17-8-6-5-7-9-17)22(19)21(20)23(26)27/h5-13,25H,1-4H3,(H,26,27). The summed E-state index contributed by atoms with van der Waals surface area (Å²) in [5.41, 5.74) is 7.50. The predicted molar refractivity (Wildman–Crippen MR) is 110 cm³/mol. The number of carboxylic acid groups (broad SMARTS) is 1. The van der Waals surface area contributed by atoms with Crippen LogP contribution in [0.1, 0.15) is 36.1 Å². The van der Waals surface area contributed by atoms with Crippen molar-refractivity contribution in [3.63, 3.8) is 0 Å². The number of hydrogen-bond acceptors (Lipinski definition) is 2. The zero-order chi connectivity index (χ0) is 19.3. The topological polar surface area (TPSA) is 49.3 Å². The summed E-state index contributed by atoms with van der Waals surface area (Å²) in [5.74, 6) is -0.888. The molecule has 4 rings (SSSR count). The smallest absolute Gasteiger partial charge is 0.336 e. The van der Waals surface area contributed by atoms with Gasteiger partial charge in [-0.05, 0) is 56.5 Å². The molecule has 0 bridgehead atoms. The number of fused-ring (bicyclic) bond motifs is 2. The lowest BCUT2D eigenvalue weighted by Crippen LogP contribution is -2.33. The van der Waals surface area contributed by atoms with Crippen LogP contribution in [0.5, 0.6) is 0 Å². The molecule has 2 aromatic rings. The molecule has 0 saturated heterocycles. The average molecular weight is 357 g/mol. The van der Waals surface area contributed by atoms with E-state index in [1.165, 1.54) is 0 Å². The van der Waals surface area contributed by atoms with Crippen LogP contribution in [0.15, 0.2) is 71.5 Å². The molecule has 136 valence electrons. The monoisotopic (exact) mass is 357 g/mol. The van der Waals surface area contributed by atoms with Gasteiger partial charge in [-0.3, -0.25) is 0 Å². The van der Waals surface area contributed by atoms with Crippen molar-refractivity contribution < 1.29 is 9.90 Å². The molecule has 1 atom stereocenters. The van der Waals surface area contributed by atoms with Gasteiger partial charge in [0.1, 0.15) is 0 Å². The lowest BCUT2D eigenvalue weighted by atomic mass is 9.67. The van der Waals surface area contributed by atoms with Gasteiger partial charge in [0.05, 0.1) is 5.57 Å². The maximum atomic E-state index is 12.5. The van der Waals surface area contributed by atoms with Gasteiger partial charge in [0.15, 0.2) is 0 Å². The van der Waals surface area contributed by atoms with Gasteiger partial charge in [0.2, 0.25) is 0 Å². The third-order valence-corrected chi connectivity index (χ3v) is 5.51. The second-order valence-corrected chi connectivity index (χ2v) is 7.70. The molecule has 2 aromatic carbocycles. The second-order valence-electron chi connectivity index (χ2n) is 7.70. The first-order chi connectivity index (χ1) is 12.8. The predicted octanol–water partition coefficient (Wildman–Crippen LogP) is 5.37. The van der Waals surface area contributed by atoms with E-state index in [1.54, 1.807) is 0 Å². The minimum atomic E-state index is -0.888. The minimum Gasteiger partial charge on any atom is -0.478 e. The Hall–Kier alpha value is -3.07. The van der Waals surface area contributed by atoms with Crippen LogP contribution >= 0.6 is 0 Å². The first kappa shape index (κ1) is 17.3. The van der Waals surface area contributed by atoms with Crippen LogP contribution in [0.2, 0.25) is 0 Å². The number of anilines is 1. The Morgan fingerprint density at radius 1 is 1.07 bits per heavy atom. The Bertz CT molecular complexity index is 1060. The van der Waals surface area contributed by atoms with E-state index >= 15 is 0 Å². The van der Waals surface area contributed by atoms with Crippen molar-refractivity contribution in [1.82, 2.24) is 0 Å². The van der Waals surface area contributed by atoms with Crippen molar-refractivity contribution in [3.8, 4) is 0 Å². The van der Waals surface area contributed by atoms with Gasteiger partial charge in [-0.2, -0.15) is 0 Å². The Morgan fingerprint density at radius 3 is 2.44 bits per heavy atom. The van der Waals surface area contributed by atoms with Crippen LogP contribution in [0.3, 0.4) is 0 Å². The molecule has 1 unspecified atom stereocenters. The highest BCUT2D eigenvalue weighted by molar-refractivity contribution is 6.21. The molecule has 2 N–H and O–H groups in total. The van der Waals surface area contributed by atoms with E-state index in [1.807, 2.05) is 50.3 Å². The Kier molecular flexibility index (Phi) is 3.84. The van der Waals surface area contributed by atoms with E-state index in [9.17, 15) is 9.90 Å². The van der Waals surface area contributed by atoms with Crippen LogP contribution in [-0.4, -0.2) is 11.1 Å². The molecule has 27 heavy (non-hydrogen) atoms. The van der Waals surface area contributed by atoms with E-state index < -0.39 is 11.4 Å². The largest absolute Gasteiger partial charge is 0.478 e. The molecule has 0 spiro atoms. The SMILES string of the molecule is CC1=CC(C)(c2ccccc2)C2=C(C(=O)O)c3c(C)cc(C)cc3NC2=C1. The number of carboxylic acids is 1. The van der Waals surface area contributed by atoms with E-state index in [0.717, 1.165) is 44.8 Å². The lowest BCUT2D eigenvalue weighted by molar-refractivity contribution is -0.130. The molecule has 1 heterocycles. The van der Waals surface area contributed by atoms with Crippen molar-refractivity contribution in [1.29, 1.82) is 0 Å². The first-order valence-electron chi connectivity index (χ1n) is 9.15. The zero-order valence-corrected chi connectivity index (χ0v) is 16.1. The molecule has 1 aliphatic heterocycles. The third-order valence-electron chi connectivity index (χ3n) is 5.51. The number of allylic oxidation sites excluding steroid dienone is 4. The van der Waals surface area contributed by atoms with Crippen molar-refractivity contribution in [2.45, 2.75) is 33.1 Å². The molecule has 0 amide bonds. The van der Waals surface area contributed by atoms with Crippen LogP contribution in [-0.2, 0) is 10.2 Å². The maximum Gasteiger partial charge on any atom is 0.336 e. The number of carbonyl (C=O) groups is 1. The van der Waals surface area contributed by atoms with Crippen LogP contribution in [0.25, 0.3) is 5.57 Å². The summed E-state index contributed by atoms with van der Waals surface area (Å²) in [4.78, 5) is 12.5. The van der Waals surface area contributed by atoms with E-state index in [4.69, 9.17) is 0 Å². The van der Waals surface area contributed by atoms with Crippen LogP contribution in [0, 0.1) is 13.8 Å². The third kappa shape index (κ3) is 2.62. The summed E-state index contributed by atoms with van der Waals surface area (Å²) >= 11 is 0. The van der Waals surface area contributed by atoms with Crippen molar-refractivity contribution in [2.24, 2.45) is 0 Å². The summed E-state index contributed by atoms with van der Waals surface area (Å²) in [5, 5.41) is 13.7. The summed E-state index contributed by atoms with van der Waals surface area (Å²) in [6.45, 7) is 8.18. The fourth-order valence-electron chi connectivity index (χ4n) is 4.54. The zero-order valence-electron chi connectivity index (χ0n) is 16.1. The number of aryl methyl sites for hydroxylation is 2. The number of aliphatic carboxylic acids is 1. The fraction of sp³-hybridized carbons (Fsp3) is 0.208. The van der Waals surface area contributed by atoms with E-state index in [2.05, 4.69) is 37.4 Å². The molecule has 3 nitrogen and oxygen atoms in total. The van der Waals surface area contributed by atoms with Crippen LogP contribution < -0.4 is 5.32 Å². The number of rotatable bonds is 2. The number of benzene rings is 2. The molecular formula is C24H23NO2. The Morgan fingerprint density at radius 2 is 1.78 bits per heavy atom. The number of hydrogen-bond donors (Lipinski definition) is 2. The average Bonchev–Trinajstić information content (AvgIpc) is 2.60. The van der Waals surface area contributed by atoms with Crippen molar-refractivity contribution >= 4 is 17.2 Å². The highest BCUT2D eigenvalue weighted by Gasteiger charge is 2.41. The normalized spacial score (nSPS) is 20.9. The van der Waals surface area contributed by atoms with Gasteiger partial charge in [0, 0.05) is 27.9 Å². The number of nitrogens with one attached hydrogen (secondary N) is 1. The summed E-state index contributed by atoms with van der Waals surface area (Å²) < 4.78 is 0. The molecule has 0 aromatic heterocycles. The minimum absolute atomic E-state index is 0.391. The summed E-state index contributed by atoms with van der Waals surface area (Å²) in [7, 11) is 0. The van der Waals surface area contributed by atoms with Gasteiger partial charge >= 0.3 is 5.97 Å². The lowest BCUT2D eigenvalue weighted by Gasteiger charge is -2.40. The van der Waals surface area contributed by atoms with Crippen LogP contribution in [0.4, 0.5) is 5.69 Å². The maximum absolute atomic E-state index is 12.5. The molecule has 0 radical (unpaired) electrons. The van der Waals surface area contributed by atoms with Gasteiger partial charge in [0.25, 0.3) is 0 Å². The molecule has 3 heteroatoms. The van der Waals surface area contributed by atoms with Gasteiger partial charge < -0.3 is 10.4 Å². The Balaban J connectivity index is 2.11. The molecular weight excluding hydrogens is 334 g/mol. The quantitative estimate of drug-likeness (QED) is 0.760. The summed E-state index contributed by atoms with van der Waals surface area (Å²) in [6, 6.07) is 14.2. The molecule has 1 aliphatic carbocycles. The van der Waals surface area contributed by atoms with Gasteiger partial charge in [-0.1, -0.05) is 48.0 Å². The second kappa shape index (κ2) is 5.98.